The molecule has 0 fully saturated rings. The molecule has 7 aromatic carbocycles. The number of benzene rings is 7. The predicted octanol–water partition coefficient (Wildman–Crippen LogP) is 16.6. The second-order valence-corrected chi connectivity index (χ2v) is 17.3. The molecule has 0 saturated heterocycles. The van der Waals surface area contributed by atoms with Gasteiger partial charge in [-0.2, -0.15) is 8.75 Å². The summed E-state index contributed by atoms with van der Waals surface area (Å²) >= 11 is 1.25. The quantitative estimate of drug-likeness (QED) is 0.0491. The molecule has 8 aromatic rings. The van der Waals surface area contributed by atoms with E-state index >= 15 is 0 Å². The molecule has 8 rings (SSSR count). The number of rotatable bonds is 18. The molecule has 0 unspecified atom stereocenters. The Balaban J connectivity index is 1.19. The molecule has 0 aliphatic carbocycles. The number of hydrogen-bond donors (Lipinski definition) is 0. The molecule has 0 aliphatic heterocycles. The molecule has 61 heavy (non-hydrogen) atoms. The minimum atomic E-state index is 0.854. The Kier molecular flexibility index (Phi) is 14.2. The maximum atomic E-state index is 4.76. The van der Waals surface area contributed by atoms with Crippen LogP contribution in [0.25, 0.3) is 43.7 Å². The lowest BCUT2D eigenvalue weighted by atomic mass is 9.93. The van der Waals surface area contributed by atoms with Gasteiger partial charge in [-0.25, -0.2) is 0 Å². The van der Waals surface area contributed by atoms with Crippen LogP contribution in [0.3, 0.4) is 0 Å². The summed E-state index contributed by atoms with van der Waals surface area (Å²) in [6, 6.07) is 49.2. The fourth-order valence-corrected chi connectivity index (χ4v) is 9.37. The zero-order chi connectivity index (χ0) is 41.8. The van der Waals surface area contributed by atoms with Crippen molar-refractivity contribution >= 4 is 61.4 Å². The molecule has 1 heterocycles. The predicted molar refractivity (Wildman–Crippen MR) is 264 cm³/mol. The summed E-state index contributed by atoms with van der Waals surface area (Å²) in [7, 11) is 0. The van der Waals surface area contributed by atoms with E-state index in [1.165, 1.54) is 122 Å². The van der Waals surface area contributed by atoms with E-state index in [0.717, 1.165) is 68.3 Å². The lowest BCUT2D eigenvalue weighted by Crippen LogP contribution is -2.12. The Labute approximate surface area is 368 Å². The summed E-state index contributed by atoms with van der Waals surface area (Å²) in [4.78, 5) is 2.49. The maximum Gasteiger partial charge on any atom is 0.121 e. The van der Waals surface area contributed by atoms with Crippen LogP contribution in [0, 0.1) is 18.8 Å². The first-order chi connectivity index (χ1) is 30.1. The minimum absolute atomic E-state index is 0.854. The number of unbranched alkanes of at least 4 members (excludes halogenated alkanes) is 10. The van der Waals surface area contributed by atoms with Crippen molar-refractivity contribution in [3.8, 4) is 23.0 Å². The van der Waals surface area contributed by atoms with Crippen molar-refractivity contribution in [2.45, 2.75) is 111 Å². The van der Waals surface area contributed by atoms with E-state index < -0.39 is 0 Å². The van der Waals surface area contributed by atoms with E-state index in [1.54, 1.807) is 0 Å². The van der Waals surface area contributed by atoms with E-state index in [1.807, 2.05) is 0 Å². The van der Waals surface area contributed by atoms with E-state index in [9.17, 15) is 0 Å². The van der Waals surface area contributed by atoms with Crippen molar-refractivity contribution in [2.24, 2.45) is 0 Å². The van der Waals surface area contributed by atoms with Gasteiger partial charge in [0.25, 0.3) is 0 Å². The highest BCUT2D eigenvalue weighted by Gasteiger charge is 2.21. The first-order valence-corrected chi connectivity index (χ1v) is 23.6. The normalized spacial score (nSPS) is 11.3. The van der Waals surface area contributed by atoms with Gasteiger partial charge in [0, 0.05) is 44.0 Å². The van der Waals surface area contributed by atoms with Gasteiger partial charge in [0.2, 0.25) is 0 Å². The van der Waals surface area contributed by atoms with Crippen molar-refractivity contribution in [1.82, 2.24) is 8.75 Å². The van der Waals surface area contributed by atoms with Gasteiger partial charge in [0.05, 0.1) is 23.0 Å². The molecular formula is C57H59N3S. The Morgan fingerprint density at radius 3 is 1.51 bits per heavy atom. The van der Waals surface area contributed by atoms with E-state index in [2.05, 4.69) is 171 Å². The average Bonchev–Trinajstić information content (AvgIpc) is 3.80. The monoisotopic (exact) mass is 817 g/mol. The number of anilines is 3. The van der Waals surface area contributed by atoms with Crippen LogP contribution in [0.4, 0.5) is 17.1 Å². The maximum absolute atomic E-state index is 4.76. The molecule has 308 valence electrons. The van der Waals surface area contributed by atoms with Gasteiger partial charge >= 0.3 is 0 Å². The molecule has 3 nitrogen and oxygen atoms in total. The lowest BCUT2D eigenvalue weighted by molar-refractivity contribution is 0.607. The number of aryl methyl sites for hydroxylation is 3. The van der Waals surface area contributed by atoms with Crippen molar-refractivity contribution < 1.29 is 0 Å². The van der Waals surface area contributed by atoms with Crippen LogP contribution in [-0.2, 0) is 12.8 Å². The molecule has 0 spiro atoms. The molecule has 0 amide bonds. The fourth-order valence-electron chi connectivity index (χ4n) is 8.79. The van der Waals surface area contributed by atoms with E-state index in [4.69, 9.17) is 8.75 Å². The summed E-state index contributed by atoms with van der Waals surface area (Å²) in [6.45, 7) is 6.69. The van der Waals surface area contributed by atoms with Crippen LogP contribution in [0.15, 0.2) is 133 Å². The Morgan fingerprint density at radius 1 is 0.475 bits per heavy atom. The largest absolute Gasteiger partial charge is 0.309 e. The molecular weight excluding hydrogens is 759 g/mol. The van der Waals surface area contributed by atoms with Crippen molar-refractivity contribution in [3.63, 3.8) is 0 Å². The zero-order valence-corrected chi connectivity index (χ0v) is 37.2. The highest BCUT2D eigenvalue weighted by atomic mass is 32.1. The van der Waals surface area contributed by atoms with Crippen LogP contribution in [0.2, 0.25) is 0 Å². The van der Waals surface area contributed by atoms with Gasteiger partial charge in [-0.15, -0.1) is 0 Å². The Morgan fingerprint density at radius 2 is 0.967 bits per heavy atom. The number of fused-ring (bicyclic) bond motifs is 3. The van der Waals surface area contributed by atoms with Crippen LogP contribution in [-0.4, -0.2) is 8.75 Å². The molecule has 0 atom stereocenters. The molecule has 0 saturated carbocycles. The highest BCUT2D eigenvalue weighted by molar-refractivity contribution is 7.00. The van der Waals surface area contributed by atoms with Gasteiger partial charge in [-0.3, -0.25) is 0 Å². The topological polar surface area (TPSA) is 29.0 Å². The second kappa shape index (κ2) is 20.7. The van der Waals surface area contributed by atoms with Crippen molar-refractivity contribution in [3.05, 3.63) is 161 Å². The molecule has 4 heteroatoms. The molecule has 0 radical (unpaired) electrons. The third kappa shape index (κ3) is 9.91. The van der Waals surface area contributed by atoms with Gasteiger partial charge in [0.1, 0.15) is 11.0 Å². The summed E-state index contributed by atoms with van der Waals surface area (Å²) in [6.07, 6.45) is 18.0. The summed E-state index contributed by atoms with van der Waals surface area (Å²) in [5.41, 5.74) is 13.4. The standard InChI is InChI=1S/C57H59N3S/c1-4-6-8-10-12-14-20-43-28-36-47(37-29-43)60(48-38-30-44(31-39-48)21-15-13-11-9-7-5-2)57-53-24-18-16-22-50(53)52(51-23-17-19-25-54(51)57)41-35-46-34-40-49(56-55(46)58-61-59-56)45-32-26-42(3)27-33-45/h16-19,22-34,36-40H,4-15,20-21H2,1-3H3. The van der Waals surface area contributed by atoms with E-state index in [-0.39, 0.29) is 0 Å². The van der Waals surface area contributed by atoms with Gasteiger partial charge < -0.3 is 4.90 Å². The lowest BCUT2D eigenvalue weighted by Gasteiger charge is -2.29. The summed E-state index contributed by atoms with van der Waals surface area (Å²) in [5, 5.41) is 4.62. The van der Waals surface area contributed by atoms with Crippen LogP contribution in [0.5, 0.6) is 0 Å². The Bertz CT molecular complexity index is 2620. The van der Waals surface area contributed by atoms with E-state index in [0.29, 0.717) is 0 Å². The van der Waals surface area contributed by atoms with Gasteiger partial charge in [-0.1, -0.05) is 199 Å². The average molecular weight is 818 g/mol. The van der Waals surface area contributed by atoms with Gasteiger partial charge in [-0.05, 0) is 79.6 Å². The Hall–Kier alpha value is -5.76. The van der Waals surface area contributed by atoms with Gasteiger partial charge in [0.15, 0.2) is 0 Å². The third-order valence-electron chi connectivity index (χ3n) is 12.3. The van der Waals surface area contributed by atoms with Crippen molar-refractivity contribution in [1.29, 1.82) is 0 Å². The smallest absolute Gasteiger partial charge is 0.121 e. The van der Waals surface area contributed by atoms with Crippen LogP contribution in [0.1, 0.15) is 119 Å². The van der Waals surface area contributed by atoms with Crippen LogP contribution < -0.4 is 4.90 Å². The third-order valence-corrected chi connectivity index (χ3v) is 12.8. The number of nitrogens with zero attached hydrogens (tertiary/aromatic N) is 3. The first kappa shape index (κ1) is 42.0. The minimum Gasteiger partial charge on any atom is -0.309 e. The highest BCUT2D eigenvalue weighted by Crippen LogP contribution is 2.45. The van der Waals surface area contributed by atoms with Crippen LogP contribution >= 0.6 is 11.7 Å². The fraction of sp³-hybridized carbons (Fsp3) is 0.298. The van der Waals surface area contributed by atoms with Crippen molar-refractivity contribution in [2.75, 3.05) is 4.90 Å². The second-order valence-electron chi connectivity index (χ2n) is 16.8. The molecule has 0 aliphatic rings. The molecule has 0 bridgehead atoms. The summed E-state index contributed by atoms with van der Waals surface area (Å²) in [5.74, 6) is 7.28. The molecule has 1 aromatic heterocycles. The summed E-state index contributed by atoms with van der Waals surface area (Å²) < 4.78 is 9.51. The SMILES string of the molecule is CCCCCCCCc1ccc(N(c2ccc(CCCCCCCC)cc2)c2c3ccccc3c(C#Cc3ccc(-c4ccc(C)cc4)c4nsnc34)c3ccccc23)cc1. The molecule has 0 N–H and O–H groups in total. The number of hydrogen-bond acceptors (Lipinski definition) is 4. The first-order valence-electron chi connectivity index (χ1n) is 22.9. The number of aromatic nitrogens is 2. The zero-order valence-electron chi connectivity index (χ0n) is 36.4.